The number of carbonyl (C=O) groups is 1. The predicted octanol–water partition coefficient (Wildman–Crippen LogP) is 5.22. The van der Waals surface area contributed by atoms with E-state index in [-0.39, 0.29) is 5.91 Å². The molecule has 4 rings (SSSR count). The molecule has 0 bridgehead atoms. The lowest BCUT2D eigenvalue weighted by Crippen LogP contribution is -2.30. The van der Waals surface area contributed by atoms with Crippen LogP contribution in [0.1, 0.15) is 41.4 Å². The molecule has 1 aliphatic rings. The summed E-state index contributed by atoms with van der Waals surface area (Å²) in [6.45, 7) is 4.15. The van der Waals surface area contributed by atoms with E-state index in [0.717, 1.165) is 46.4 Å². The van der Waals surface area contributed by atoms with Crippen LogP contribution in [-0.2, 0) is 6.42 Å². The molecule has 7 heteroatoms. The summed E-state index contributed by atoms with van der Waals surface area (Å²) in [7, 11) is 0. The summed E-state index contributed by atoms with van der Waals surface area (Å²) >= 11 is 2.98. The van der Waals surface area contributed by atoms with Crippen LogP contribution in [0.25, 0.3) is 10.2 Å². The van der Waals surface area contributed by atoms with Gasteiger partial charge in [0.25, 0.3) is 5.91 Å². The summed E-state index contributed by atoms with van der Waals surface area (Å²) in [5.41, 5.74) is 2.07. The van der Waals surface area contributed by atoms with Gasteiger partial charge >= 0.3 is 0 Å². The quantitative estimate of drug-likeness (QED) is 0.460. The van der Waals surface area contributed by atoms with Gasteiger partial charge in [0, 0.05) is 18.8 Å². The molecule has 0 radical (unpaired) electrons. The first-order valence-electron chi connectivity index (χ1n) is 9.68. The van der Waals surface area contributed by atoms with Gasteiger partial charge < -0.3 is 10.2 Å². The molecule has 1 saturated heterocycles. The van der Waals surface area contributed by atoms with Crippen LogP contribution in [0.4, 0.5) is 11.5 Å². The maximum absolute atomic E-state index is 12.8. The van der Waals surface area contributed by atoms with Crippen molar-refractivity contribution in [1.29, 1.82) is 0 Å². The molecule has 1 aromatic carbocycles. The fourth-order valence-electron chi connectivity index (χ4n) is 3.45. The first kappa shape index (κ1) is 19.2. The summed E-state index contributed by atoms with van der Waals surface area (Å²) in [6.07, 6.45) is 6.62. The minimum atomic E-state index is -0.0949. The number of aromatic nitrogens is 2. The Morgan fingerprint density at radius 2 is 1.93 bits per heavy atom. The minimum Gasteiger partial charge on any atom is -0.356 e. The molecule has 3 heterocycles. The highest BCUT2D eigenvalue weighted by Crippen LogP contribution is 2.34. The second-order valence-electron chi connectivity index (χ2n) is 6.92. The second-order valence-corrected chi connectivity index (χ2v) is 8.72. The Balaban J connectivity index is 1.64. The number of piperidine rings is 1. The zero-order valence-corrected chi connectivity index (χ0v) is 17.8. The maximum atomic E-state index is 12.8. The molecule has 3 aromatic rings. The molecule has 0 atom stereocenters. The number of anilines is 2. The first-order chi connectivity index (χ1) is 13.7. The normalized spacial score (nSPS) is 14.4. The van der Waals surface area contributed by atoms with Crippen LogP contribution in [0.15, 0.2) is 35.5 Å². The van der Waals surface area contributed by atoms with Crippen molar-refractivity contribution in [2.24, 2.45) is 0 Å². The molecule has 1 fully saturated rings. The average molecular weight is 413 g/mol. The Morgan fingerprint density at radius 3 is 2.61 bits per heavy atom. The van der Waals surface area contributed by atoms with E-state index in [9.17, 15) is 4.79 Å². The second kappa shape index (κ2) is 8.49. The highest BCUT2D eigenvalue weighted by atomic mass is 32.2. The molecule has 0 spiro atoms. The van der Waals surface area contributed by atoms with Gasteiger partial charge in [-0.3, -0.25) is 4.79 Å². The molecule has 5 nitrogen and oxygen atoms in total. The van der Waals surface area contributed by atoms with Crippen molar-refractivity contribution in [3.8, 4) is 0 Å². The lowest BCUT2D eigenvalue weighted by Gasteiger charge is -2.28. The van der Waals surface area contributed by atoms with Crippen molar-refractivity contribution >= 4 is 50.7 Å². The average Bonchev–Trinajstić information content (AvgIpc) is 3.18. The monoisotopic (exact) mass is 412 g/mol. The van der Waals surface area contributed by atoms with Crippen LogP contribution >= 0.6 is 23.1 Å². The first-order valence-corrected chi connectivity index (χ1v) is 11.7. The lowest BCUT2D eigenvalue weighted by atomic mass is 10.1. The van der Waals surface area contributed by atoms with E-state index in [1.54, 1.807) is 11.8 Å². The van der Waals surface area contributed by atoms with Gasteiger partial charge in [0.1, 0.15) is 10.6 Å². The summed E-state index contributed by atoms with van der Waals surface area (Å²) in [4.78, 5) is 26.1. The number of benzene rings is 1. The highest BCUT2D eigenvalue weighted by molar-refractivity contribution is 7.98. The fraction of sp³-hybridized carbons (Fsp3) is 0.381. The van der Waals surface area contributed by atoms with E-state index in [1.807, 2.05) is 36.6 Å². The van der Waals surface area contributed by atoms with Crippen molar-refractivity contribution < 1.29 is 4.79 Å². The van der Waals surface area contributed by atoms with Gasteiger partial charge in [0.15, 0.2) is 5.16 Å². The number of nitrogens with one attached hydrogen (secondary N) is 1. The Hall–Kier alpha value is -2.12. The number of nitrogens with zero attached hydrogens (tertiary/aromatic N) is 3. The van der Waals surface area contributed by atoms with Crippen LogP contribution in [-0.4, -0.2) is 35.2 Å². The van der Waals surface area contributed by atoms with Gasteiger partial charge in [0.2, 0.25) is 0 Å². The Kier molecular flexibility index (Phi) is 5.82. The predicted molar refractivity (Wildman–Crippen MR) is 119 cm³/mol. The van der Waals surface area contributed by atoms with E-state index in [4.69, 9.17) is 4.98 Å². The van der Waals surface area contributed by atoms with Gasteiger partial charge in [-0.1, -0.05) is 30.8 Å². The number of fused-ring (bicyclic) bond motifs is 1. The molecular formula is C21H24N4OS2. The third-order valence-electron chi connectivity index (χ3n) is 5.03. The zero-order valence-electron chi connectivity index (χ0n) is 16.2. The molecular weight excluding hydrogens is 388 g/mol. The van der Waals surface area contributed by atoms with E-state index in [2.05, 4.69) is 22.1 Å². The molecule has 28 heavy (non-hydrogen) atoms. The largest absolute Gasteiger partial charge is 0.356 e. The molecule has 0 saturated carbocycles. The number of hydrogen-bond donors (Lipinski definition) is 1. The van der Waals surface area contributed by atoms with Crippen LogP contribution in [0, 0.1) is 0 Å². The molecule has 0 unspecified atom stereocenters. The smallest absolute Gasteiger partial charge is 0.265 e. The SMILES string of the molecule is CCc1ccc(NC(=O)c2cc3c(N4CCCCC4)nc(SC)nc3s2)cc1. The van der Waals surface area contributed by atoms with Crippen molar-refractivity contribution in [1.82, 2.24) is 9.97 Å². The van der Waals surface area contributed by atoms with Crippen molar-refractivity contribution in [2.45, 2.75) is 37.8 Å². The molecule has 2 aromatic heterocycles. The van der Waals surface area contributed by atoms with Gasteiger partial charge in [-0.25, -0.2) is 9.97 Å². The van der Waals surface area contributed by atoms with Gasteiger partial charge in [-0.2, -0.15) is 0 Å². The van der Waals surface area contributed by atoms with Crippen LogP contribution in [0.2, 0.25) is 0 Å². The van der Waals surface area contributed by atoms with E-state index in [0.29, 0.717) is 4.88 Å². The molecule has 1 aliphatic heterocycles. The summed E-state index contributed by atoms with van der Waals surface area (Å²) < 4.78 is 0. The van der Waals surface area contributed by atoms with Crippen LogP contribution in [0.5, 0.6) is 0 Å². The Morgan fingerprint density at radius 1 is 1.18 bits per heavy atom. The number of aryl methyl sites for hydroxylation is 1. The summed E-state index contributed by atoms with van der Waals surface area (Å²) in [6, 6.07) is 9.95. The van der Waals surface area contributed by atoms with Crippen LogP contribution < -0.4 is 10.2 Å². The third-order valence-corrected chi connectivity index (χ3v) is 6.61. The van der Waals surface area contributed by atoms with Crippen molar-refractivity contribution in [2.75, 3.05) is 29.6 Å². The highest BCUT2D eigenvalue weighted by Gasteiger charge is 2.20. The standard InChI is InChI=1S/C21H24N4OS2/c1-3-14-7-9-15(10-8-14)22-19(26)17-13-16-18(25-11-5-4-6-12-25)23-21(27-2)24-20(16)28-17/h7-10,13H,3-6,11-12H2,1-2H3,(H,22,26). The number of carbonyl (C=O) groups excluding carboxylic acids is 1. The van der Waals surface area contributed by atoms with Gasteiger partial charge in [-0.15, -0.1) is 11.3 Å². The maximum Gasteiger partial charge on any atom is 0.265 e. The number of hydrogen-bond acceptors (Lipinski definition) is 6. The Labute approximate surface area is 173 Å². The number of thioether (sulfide) groups is 1. The van der Waals surface area contributed by atoms with Crippen molar-refractivity contribution in [3.05, 3.63) is 40.8 Å². The molecule has 1 amide bonds. The molecule has 146 valence electrons. The van der Waals surface area contributed by atoms with E-state index >= 15 is 0 Å². The van der Waals surface area contributed by atoms with Gasteiger partial charge in [-0.05, 0) is 55.7 Å². The van der Waals surface area contributed by atoms with Crippen molar-refractivity contribution in [3.63, 3.8) is 0 Å². The topological polar surface area (TPSA) is 58.1 Å². The Bertz CT molecular complexity index is 978. The summed E-state index contributed by atoms with van der Waals surface area (Å²) in [5, 5.41) is 4.75. The number of rotatable bonds is 5. The van der Waals surface area contributed by atoms with Gasteiger partial charge in [0.05, 0.1) is 10.3 Å². The summed E-state index contributed by atoms with van der Waals surface area (Å²) in [5.74, 6) is 0.874. The number of thiophene rings is 1. The third kappa shape index (κ3) is 4.00. The zero-order chi connectivity index (χ0) is 19.5. The van der Waals surface area contributed by atoms with E-state index < -0.39 is 0 Å². The molecule has 0 aliphatic carbocycles. The number of amides is 1. The lowest BCUT2D eigenvalue weighted by molar-refractivity contribution is 0.103. The van der Waals surface area contributed by atoms with E-state index in [1.165, 1.54) is 36.2 Å². The fourth-order valence-corrected chi connectivity index (χ4v) is 4.79. The van der Waals surface area contributed by atoms with Crippen LogP contribution in [0.3, 0.4) is 0 Å². The minimum absolute atomic E-state index is 0.0949. The molecule has 1 N–H and O–H groups in total.